The predicted octanol–water partition coefficient (Wildman–Crippen LogP) is 4.39. The van der Waals surface area contributed by atoms with Gasteiger partial charge in [0.05, 0.1) is 11.4 Å². The Morgan fingerprint density at radius 2 is 2.04 bits per heavy atom. The topological polar surface area (TPSA) is 83.6 Å². The Morgan fingerprint density at radius 1 is 1.22 bits per heavy atom. The van der Waals surface area contributed by atoms with Gasteiger partial charge in [0, 0.05) is 17.4 Å². The van der Waals surface area contributed by atoms with Crippen LogP contribution in [-0.4, -0.2) is 31.8 Å². The molecule has 0 bridgehead atoms. The van der Waals surface area contributed by atoms with Crippen molar-refractivity contribution in [2.75, 3.05) is 11.1 Å². The molecule has 27 heavy (non-hydrogen) atoms. The number of hydrogen-bond donors (Lipinski definition) is 2. The number of carbonyl (C=O) groups excluding carboxylic acids is 1. The van der Waals surface area contributed by atoms with E-state index in [-0.39, 0.29) is 11.7 Å². The highest BCUT2D eigenvalue weighted by atomic mass is 32.2. The Hall–Kier alpha value is -2.19. The Morgan fingerprint density at radius 3 is 2.85 bits per heavy atom. The summed E-state index contributed by atoms with van der Waals surface area (Å²) in [6, 6.07) is 9.92. The zero-order valence-corrected chi connectivity index (χ0v) is 16.5. The summed E-state index contributed by atoms with van der Waals surface area (Å²) in [6.45, 7) is 0. The Bertz CT molecular complexity index is 886. The van der Waals surface area contributed by atoms with Crippen molar-refractivity contribution in [2.24, 2.45) is 5.92 Å². The fourth-order valence-corrected chi connectivity index (χ4v) is 4.63. The van der Waals surface area contributed by atoms with Crippen LogP contribution in [0, 0.1) is 5.92 Å². The summed E-state index contributed by atoms with van der Waals surface area (Å²) in [5, 5.41) is 13.3. The molecular formula is C19H21N5OS2. The van der Waals surface area contributed by atoms with E-state index in [0.29, 0.717) is 10.3 Å². The van der Waals surface area contributed by atoms with Gasteiger partial charge in [-0.1, -0.05) is 67.8 Å². The number of nitrogens with zero attached hydrogens (tertiary/aromatic N) is 3. The molecule has 2 aromatic heterocycles. The molecule has 1 aliphatic rings. The first-order valence-electron chi connectivity index (χ1n) is 9.11. The maximum Gasteiger partial charge on any atom is 0.236 e. The molecule has 1 aliphatic carbocycles. The second-order valence-electron chi connectivity index (χ2n) is 6.66. The molecule has 1 fully saturated rings. The Balaban J connectivity index is 1.26. The second kappa shape index (κ2) is 8.67. The van der Waals surface area contributed by atoms with Crippen LogP contribution in [0.5, 0.6) is 0 Å². The fraction of sp³-hybridized carbons (Fsp3) is 0.368. The lowest BCUT2D eigenvalue weighted by molar-refractivity contribution is -0.113. The maximum absolute atomic E-state index is 12.2. The standard InChI is InChI=1S/C19H21N5OS2/c25-17(22-18-20-15(11-26-18)14-8-2-1-3-9-14)12-27-19-21-16(23-24-19)10-13-6-4-5-7-13/h1-3,8-9,11,13H,4-7,10,12H2,(H,20,22,25)(H,21,23,24). The number of aromatic nitrogens is 4. The maximum atomic E-state index is 12.2. The predicted molar refractivity (Wildman–Crippen MR) is 109 cm³/mol. The normalized spacial score (nSPS) is 14.5. The zero-order valence-electron chi connectivity index (χ0n) is 14.9. The smallest absolute Gasteiger partial charge is 0.236 e. The molecule has 0 atom stereocenters. The van der Waals surface area contributed by atoms with Gasteiger partial charge in [-0.3, -0.25) is 9.89 Å². The monoisotopic (exact) mass is 399 g/mol. The Labute approximate surface area is 166 Å². The molecule has 0 aliphatic heterocycles. The number of amides is 1. The van der Waals surface area contributed by atoms with E-state index >= 15 is 0 Å². The Kier molecular flexibility index (Phi) is 5.84. The van der Waals surface area contributed by atoms with Gasteiger partial charge in [0.2, 0.25) is 11.1 Å². The van der Waals surface area contributed by atoms with Crippen molar-refractivity contribution in [3.63, 3.8) is 0 Å². The van der Waals surface area contributed by atoms with E-state index in [1.807, 2.05) is 35.7 Å². The van der Waals surface area contributed by atoms with Gasteiger partial charge in [0.25, 0.3) is 0 Å². The van der Waals surface area contributed by atoms with Gasteiger partial charge >= 0.3 is 0 Å². The number of benzene rings is 1. The van der Waals surface area contributed by atoms with E-state index in [2.05, 4.69) is 25.5 Å². The van der Waals surface area contributed by atoms with Gasteiger partial charge in [-0.25, -0.2) is 9.97 Å². The van der Waals surface area contributed by atoms with E-state index < -0.39 is 0 Å². The lowest BCUT2D eigenvalue weighted by atomic mass is 10.0. The molecule has 0 spiro atoms. The van der Waals surface area contributed by atoms with Crippen LogP contribution in [0.15, 0.2) is 40.9 Å². The number of thiazole rings is 1. The van der Waals surface area contributed by atoms with Crippen LogP contribution in [0.2, 0.25) is 0 Å². The number of H-pyrrole nitrogens is 1. The lowest BCUT2D eigenvalue weighted by Gasteiger charge is -2.04. The van der Waals surface area contributed by atoms with Gasteiger partial charge in [-0.05, 0) is 5.92 Å². The average Bonchev–Trinajstić information content (AvgIpc) is 3.44. The molecule has 2 heterocycles. The number of nitrogens with one attached hydrogen (secondary N) is 2. The van der Waals surface area contributed by atoms with Crippen molar-refractivity contribution in [1.29, 1.82) is 0 Å². The lowest BCUT2D eigenvalue weighted by Crippen LogP contribution is -2.13. The number of hydrogen-bond acceptors (Lipinski definition) is 6. The molecule has 3 aromatic rings. The van der Waals surface area contributed by atoms with Gasteiger partial charge in [0.1, 0.15) is 5.82 Å². The van der Waals surface area contributed by atoms with Crippen molar-refractivity contribution in [2.45, 2.75) is 37.3 Å². The molecule has 6 nitrogen and oxygen atoms in total. The number of anilines is 1. The molecule has 1 saturated carbocycles. The zero-order chi connectivity index (χ0) is 18.5. The SMILES string of the molecule is O=C(CSc1n[nH]c(CC2CCCC2)n1)Nc1nc(-c2ccccc2)cs1. The van der Waals surface area contributed by atoms with E-state index in [0.717, 1.165) is 29.4 Å². The van der Waals surface area contributed by atoms with Crippen molar-refractivity contribution >= 4 is 34.1 Å². The van der Waals surface area contributed by atoms with E-state index in [9.17, 15) is 4.79 Å². The van der Waals surface area contributed by atoms with E-state index in [1.165, 1.54) is 48.8 Å². The third-order valence-electron chi connectivity index (χ3n) is 4.62. The first kappa shape index (κ1) is 18.2. The van der Waals surface area contributed by atoms with Gasteiger partial charge in [-0.2, -0.15) is 0 Å². The minimum Gasteiger partial charge on any atom is -0.301 e. The number of thioether (sulfide) groups is 1. The molecule has 0 saturated heterocycles. The first-order chi connectivity index (χ1) is 13.3. The highest BCUT2D eigenvalue weighted by Crippen LogP contribution is 2.28. The third-order valence-corrected chi connectivity index (χ3v) is 6.23. The van der Waals surface area contributed by atoms with Crippen LogP contribution in [0.25, 0.3) is 11.3 Å². The molecule has 0 radical (unpaired) electrons. The van der Waals surface area contributed by atoms with Crippen LogP contribution in [-0.2, 0) is 11.2 Å². The van der Waals surface area contributed by atoms with E-state index in [1.54, 1.807) is 0 Å². The van der Waals surface area contributed by atoms with Crippen LogP contribution in [0.3, 0.4) is 0 Å². The fourth-order valence-electron chi connectivity index (χ4n) is 3.28. The number of rotatable bonds is 7. The van der Waals surface area contributed by atoms with Crippen molar-refractivity contribution in [3.05, 3.63) is 41.5 Å². The summed E-state index contributed by atoms with van der Waals surface area (Å²) in [6.07, 6.45) is 6.17. The summed E-state index contributed by atoms with van der Waals surface area (Å²) in [5.74, 6) is 1.82. The van der Waals surface area contributed by atoms with Crippen LogP contribution >= 0.6 is 23.1 Å². The van der Waals surface area contributed by atoms with Gasteiger partial charge in [-0.15, -0.1) is 16.4 Å². The molecule has 1 aromatic carbocycles. The highest BCUT2D eigenvalue weighted by molar-refractivity contribution is 7.99. The van der Waals surface area contributed by atoms with Crippen molar-refractivity contribution in [3.8, 4) is 11.3 Å². The molecule has 1 amide bonds. The van der Waals surface area contributed by atoms with Crippen LogP contribution in [0.1, 0.15) is 31.5 Å². The largest absolute Gasteiger partial charge is 0.301 e. The molecule has 8 heteroatoms. The molecule has 4 rings (SSSR count). The quantitative estimate of drug-likeness (QED) is 0.576. The van der Waals surface area contributed by atoms with Crippen LogP contribution in [0.4, 0.5) is 5.13 Å². The van der Waals surface area contributed by atoms with Crippen LogP contribution < -0.4 is 5.32 Å². The second-order valence-corrected chi connectivity index (χ2v) is 8.46. The highest BCUT2D eigenvalue weighted by Gasteiger charge is 2.17. The summed E-state index contributed by atoms with van der Waals surface area (Å²) in [5.41, 5.74) is 1.91. The molecule has 2 N–H and O–H groups in total. The molecule has 0 unspecified atom stereocenters. The van der Waals surface area contributed by atoms with Gasteiger partial charge < -0.3 is 5.32 Å². The van der Waals surface area contributed by atoms with E-state index in [4.69, 9.17) is 0 Å². The minimum absolute atomic E-state index is 0.101. The van der Waals surface area contributed by atoms with Crippen molar-refractivity contribution < 1.29 is 4.79 Å². The first-order valence-corrected chi connectivity index (χ1v) is 11.0. The molecule has 140 valence electrons. The van der Waals surface area contributed by atoms with Crippen molar-refractivity contribution in [1.82, 2.24) is 20.2 Å². The third kappa shape index (κ3) is 4.95. The molecular weight excluding hydrogens is 378 g/mol. The summed E-state index contributed by atoms with van der Waals surface area (Å²) in [7, 11) is 0. The minimum atomic E-state index is -0.101. The summed E-state index contributed by atoms with van der Waals surface area (Å²) >= 11 is 2.77. The summed E-state index contributed by atoms with van der Waals surface area (Å²) in [4.78, 5) is 21.2. The van der Waals surface area contributed by atoms with Gasteiger partial charge in [0.15, 0.2) is 5.13 Å². The summed E-state index contributed by atoms with van der Waals surface area (Å²) < 4.78 is 0. The number of carbonyl (C=O) groups is 1. The number of aromatic amines is 1. The average molecular weight is 400 g/mol.